The molecule has 5 heteroatoms. The maximum absolute atomic E-state index is 12.1. The standard InChI is InChI=1S/C7H12F2O3/c1-11-5-3-2-4(10)6(12-5)7(8)9/h4-7,10H,2-3H2,1H3. The van der Waals surface area contributed by atoms with Gasteiger partial charge in [0, 0.05) is 13.5 Å². The molecule has 1 N–H and O–H groups in total. The van der Waals surface area contributed by atoms with E-state index >= 15 is 0 Å². The van der Waals surface area contributed by atoms with Crippen LogP contribution in [0.5, 0.6) is 0 Å². The van der Waals surface area contributed by atoms with Gasteiger partial charge in [0.25, 0.3) is 6.43 Å². The molecule has 0 bridgehead atoms. The summed E-state index contributed by atoms with van der Waals surface area (Å²) < 4.78 is 33.8. The molecule has 12 heavy (non-hydrogen) atoms. The monoisotopic (exact) mass is 182 g/mol. The molecular weight excluding hydrogens is 170 g/mol. The largest absolute Gasteiger partial charge is 0.390 e. The van der Waals surface area contributed by atoms with Gasteiger partial charge in [0.2, 0.25) is 0 Å². The summed E-state index contributed by atoms with van der Waals surface area (Å²) in [5.41, 5.74) is 0. The molecule has 1 rings (SSSR count). The number of aliphatic hydroxyl groups is 1. The highest BCUT2D eigenvalue weighted by Crippen LogP contribution is 2.24. The molecule has 0 aromatic heterocycles. The zero-order valence-electron chi connectivity index (χ0n) is 6.74. The van der Waals surface area contributed by atoms with E-state index in [1.165, 1.54) is 7.11 Å². The van der Waals surface area contributed by atoms with Gasteiger partial charge >= 0.3 is 0 Å². The van der Waals surface area contributed by atoms with Crippen molar-refractivity contribution in [2.45, 2.75) is 37.8 Å². The number of hydrogen-bond acceptors (Lipinski definition) is 3. The fraction of sp³-hybridized carbons (Fsp3) is 1.00. The third-order valence-corrected chi connectivity index (χ3v) is 1.90. The molecule has 0 amide bonds. The molecule has 0 aromatic rings. The van der Waals surface area contributed by atoms with E-state index < -0.39 is 24.9 Å². The predicted octanol–water partition coefficient (Wildman–Crippen LogP) is 0.764. The second-order valence-corrected chi connectivity index (χ2v) is 2.75. The molecule has 3 atom stereocenters. The number of aliphatic hydroxyl groups excluding tert-OH is 1. The number of alkyl halides is 2. The maximum Gasteiger partial charge on any atom is 0.267 e. The fourth-order valence-corrected chi connectivity index (χ4v) is 1.21. The van der Waals surface area contributed by atoms with Gasteiger partial charge in [0.15, 0.2) is 6.29 Å². The second kappa shape index (κ2) is 4.11. The number of halogens is 2. The van der Waals surface area contributed by atoms with E-state index in [9.17, 15) is 8.78 Å². The summed E-state index contributed by atoms with van der Waals surface area (Å²) in [6.45, 7) is 0. The summed E-state index contributed by atoms with van der Waals surface area (Å²) in [6, 6.07) is 0. The molecule has 1 fully saturated rings. The maximum atomic E-state index is 12.1. The highest BCUT2D eigenvalue weighted by atomic mass is 19.3. The van der Waals surface area contributed by atoms with Crippen molar-refractivity contribution in [3.05, 3.63) is 0 Å². The molecule has 1 heterocycles. The molecule has 0 aliphatic carbocycles. The van der Waals surface area contributed by atoms with E-state index in [-0.39, 0.29) is 0 Å². The lowest BCUT2D eigenvalue weighted by atomic mass is 10.1. The van der Waals surface area contributed by atoms with Crippen LogP contribution in [0.2, 0.25) is 0 Å². The van der Waals surface area contributed by atoms with Crippen LogP contribution in [-0.4, -0.2) is 37.1 Å². The van der Waals surface area contributed by atoms with Crippen molar-refractivity contribution in [3.63, 3.8) is 0 Å². The first kappa shape index (κ1) is 9.83. The molecule has 1 aliphatic rings. The molecule has 1 aliphatic heterocycles. The average Bonchev–Trinajstić information content (AvgIpc) is 2.05. The minimum Gasteiger partial charge on any atom is -0.390 e. The van der Waals surface area contributed by atoms with E-state index in [1.54, 1.807) is 0 Å². The first-order chi connectivity index (χ1) is 5.65. The van der Waals surface area contributed by atoms with E-state index in [4.69, 9.17) is 14.6 Å². The van der Waals surface area contributed by atoms with Crippen molar-refractivity contribution in [1.29, 1.82) is 0 Å². The number of ether oxygens (including phenoxy) is 2. The second-order valence-electron chi connectivity index (χ2n) is 2.75. The Labute approximate surface area is 69.3 Å². The van der Waals surface area contributed by atoms with Crippen LogP contribution in [0, 0.1) is 0 Å². The molecule has 3 unspecified atom stereocenters. The van der Waals surface area contributed by atoms with Crippen molar-refractivity contribution >= 4 is 0 Å². The van der Waals surface area contributed by atoms with Gasteiger partial charge in [0.1, 0.15) is 6.10 Å². The summed E-state index contributed by atoms with van der Waals surface area (Å²) in [6.07, 6.45) is -4.97. The first-order valence-electron chi connectivity index (χ1n) is 3.79. The van der Waals surface area contributed by atoms with Crippen LogP contribution in [0.4, 0.5) is 8.78 Å². The predicted molar refractivity (Wildman–Crippen MR) is 36.9 cm³/mol. The average molecular weight is 182 g/mol. The summed E-state index contributed by atoms with van der Waals surface area (Å²) in [5.74, 6) is 0. The highest BCUT2D eigenvalue weighted by Gasteiger charge is 2.36. The van der Waals surface area contributed by atoms with E-state index in [2.05, 4.69) is 0 Å². The summed E-state index contributed by atoms with van der Waals surface area (Å²) >= 11 is 0. The minimum atomic E-state index is -2.65. The smallest absolute Gasteiger partial charge is 0.267 e. The van der Waals surface area contributed by atoms with Crippen LogP contribution in [0.1, 0.15) is 12.8 Å². The van der Waals surface area contributed by atoms with Gasteiger partial charge in [-0.3, -0.25) is 0 Å². The lowest BCUT2D eigenvalue weighted by molar-refractivity contribution is -0.240. The van der Waals surface area contributed by atoms with E-state index in [0.717, 1.165) is 0 Å². The van der Waals surface area contributed by atoms with Crippen molar-refractivity contribution < 1.29 is 23.4 Å². The van der Waals surface area contributed by atoms with Crippen molar-refractivity contribution in [2.24, 2.45) is 0 Å². The quantitative estimate of drug-likeness (QED) is 0.685. The molecule has 0 spiro atoms. The Morgan fingerprint density at radius 2 is 2.17 bits per heavy atom. The van der Waals surface area contributed by atoms with Crippen LogP contribution >= 0.6 is 0 Å². The Kier molecular flexibility index (Phi) is 3.37. The zero-order valence-corrected chi connectivity index (χ0v) is 6.74. The summed E-state index contributed by atoms with van der Waals surface area (Å²) in [5, 5.41) is 9.09. The minimum absolute atomic E-state index is 0.299. The fourth-order valence-electron chi connectivity index (χ4n) is 1.21. The van der Waals surface area contributed by atoms with Crippen molar-refractivity contribution in [3.8, 4) is 0 Å². The third-order valence-electron chi connectivity index (χ3n) is 1.90. The van der Waals surface area contributed by atoms with Gasteiger partial charge in [-0.2, -0.15) is 0 Å². The first-order valence-corrected chi connectivity index (χ1v) is 3.79. The van der Waals surface area contributed by atoms with Crippen molar-refractivity contribution in [2.75, 3.05) is 7.11 Å². The van der Waals surface area contributed by atoms with Gasteiger partial charge in [-0.05, 0) is 6.42 Å². The Balaban J connectivity index is 2.47. The van der Waals surface area contributed by atoms with Gasteiger partial charge in [-0.1, -0.05) is 0 Å². The molecule has 0 aromatic carbocycles. The summed E-state index contributed by atoms with van der Waals surface area (Å²) in [4.78, 5) is 0. The molecular formula is C7H12F2O3. The van der Waals surface area contributed by atoms with Gasteiger partial charge < -0.3 is 14.6 Å². The number of hydrogen-bond donors (Lipinski definition) is 1. The molecule has 0 radical (unpaired) electrons. The third kappa shape index (κ3) is 2.12. The Morgan fingerprint density at radius 3 is 2.67 bits per heavy atom. The van der Waals surface area contributed by atoms with E-state index in [0.29, 0.717) is 12.8 Å². The Bertz CT molecular complexity index is 143. The molecule has 0 saturated carbocycles. The van der Waals surface area contributed by atoms with Crippen LogP contribution < -0.4 is 0 Å². The zero-order chi connectivity index (χ0) is 9.14. The van der Waals surface area contributed by atoms with Gasteiger partial charge in [-0.25, -0.2) is 8.78 Å². The SMILES string of the molecule is COC1CCC(O)C(C(F)F)O1. The Morgan fingerprint density at radius 1 is 1.50 bits per heavy atom. The van der Waals surface area contributed by atoms with E-state index in [1.807, 2.05) is 0 Å². The molecule has 3 nitrogen and oxygen atoms in total. The van der Waals surface area contributed by atoms with Crippen molar-refractivity contribution in [1.82, 2.24) is 0 Å². The lowest BCUT2D eigenvalue weighted by Gasteiger charge is -2.32. The van der Waals surface area contributed by atoms with Crippen LogP contribution in [0.25, 0.3) is 0 Å². The van der Waals surface area contributed by atoms with Crippen LogP contribution in [0.15, 0.2) is 0 Å². The summed E-state index contributed by atoms with van der Waals surface area (Å²) in [7, 11) is 1.39. The van der Waals surface area contributed by atoms with Gasteiger partial charge in [-0.15, -0.1) is 0 Å². The highest BCUT2D eigenvalue weighted by molar-refractivity contribution is 4.77. The van der Waals surface area contributed by atoms with Crippen LogP contribution in [0.3, 0.4) is 0 Å². The Hall–Kier alpha value is -0.260. The van der Waals surface area contributed by atoms with Gasteiger partial charge in [0.05, 0.1) is 6.10 Å². The molecule has 72 valence electrons. The number of rotatable bonds is 2. The lowest BCUT2D eigenvalue weighted by Crippen LogP contribution is -2.43. The molecule has 1 saturated heterocycles. The topological polar surface area (TPSA) is 38.7 Å². The number of methoxy groups -OCH3 is 1. The normalized spacial score (nSPS) is 37.2. The van der Waals surface area contributed by atoms with Crippen LogP contribution in [-0.2, 0) is 9.47 Å².